The van der Waals surface area contributed by atoms with Gasteiger partial charge in [0.25, 0.3) is 0 Å². The number of esters is 1. The maximum absolute atomic E-state index is 14.1. The molecule has 4 aromatic rings. The van der Waals surface area contributed by atoms with Crippen molar-refractivity contribution in [2.45, 2.75) is 125 Å². The van der Waals surface area contributed by atoms with Gasteiger partial charge in [0.15, 0.2) is 11.6 Å². The standard InChI is InChI=1S/C55H77N11O9/c1-8-9-10-20-58-50-49-44(60-53(56)61-50)19-22-65(49)33-42-18-17-41(27-36(42)4)32-63-23-25-64(26-24-63)55(73)74-34-40-15-13-39(14-16-40)29-46(67)45(12-11-21-59-54(57)72)62(7)52(71)43(35(2)3)30-48(69)75-38(6)31-66-47(68)28-37(5)51(66)70/h13-19,22,27,35,37-38,43,45H,8-12,20-21,23-26,28-34H2,1-7H3,(H3,57,59,72)(H3,56,58,60,61)/t37?,38?,43-,45-/m0/s1. The van der Waals surface area contributed by atoms with E-state index in [1.807, 2.05) is 12.3 Å². The van der Waals surface area contributed by atoms with Crippen molar-refractivity contribution in [3.8, 4) is 0 Å². The fraction of sp³-hybridized carbons (Fsp3) is 0.545. The number of rotatable bonds is 26. The van der Waals surface area contributed by atoms with Crippen LogP contribution in [0.1, 0.15) is 107 Å². The van der Waals surface area contributed by atoms with E-state index in [2.05, 4.69) is 62.1 Å². The highest BCUT2D eigenvalue weighted by Gasteiger charge is 2.38. The smallest absolute Gasteiger partial charge is 0.410 e. The number of ether oxygens (including phenoxy) is 2. The fourth-order valence-electron chi connectivity index (χ4n) is 9.72. The molecule has 2 aromatic heterocycles. The minimum atomic E-state index is -0.890. The number of nitrogens with zero attached hydrogens (tertiary/aromatic N) is 7. The molecule has 2 saturated heterocycles. The predicted octanol–water partition coefficient (Wildman–Crippen LogP) is 5.80. The maximum Gasteiger partial charge on any atom is 0.410 e. The Bertz CT molecular complexity index is 2650. The van der Waals surface area contributed by atoms with E-state index in [0.717, 1.165) is 59.7 Å². The van der Waals surface area contributed by atoms with Gasteiger partial charge >= 0.3 is 18.1 Å². The van der Waals surface area contributed by atoms with Crippen LogP contribution in [0.25, 0.3) is 11.0 Å². The van der Waals surface area contributed by atoms with Crippen LogP contribution in [-0.4, -0.2) is 141 Å². The number of nitrogens with two attached hydrogens (primary N) is 2. The van der Waals surface area contributed by atoms with Crippen LogP contribution >= 0.6 is 0 Å². The summed E-state index contributed by atoms with van der Waals surface area (Å²) in [4.78, 5) is 106. The Morgan fingerprint density at radius 2 is 1.60 bits per heavy atom. The molecule has 0 spiro atoms. The zero-order valence-corrected chi connectivity index (χ0v) is 44.8. The molecule has 2 aromatic carbocycles. The number of urea groups is 1. The first-order chi connectivity index (χ1) is 35.8. The minimum Gasteiger partial charge on any atom is -0.461 e. The second-order valence-electron chi connectivity index (χ2n) is 20.5. The highest BCUT2D eigenvalue weighted by atomic mass is 16.6. The molecule has 75 heavy (non-hydrogen) atoms. The molecule has 2 unspecified atom stereocenters. The van der Waals surface area contributed by atoms with Gasteiger partial charge in [-0.05, 0) is 72.9 Å². The number of imide groups is 1. The van der Waals surface area contributed by atoms with Crippen molar-refractivity contribution in [1.82, 2.24) is 39.5 Å². The highest BCUT2D eigenvalue weighted by molar-refractivity contribution is 6.03. The summed E-state index contributed by atoms with van der Waals surface area (Å²) in [6.07, 6.45) is 4.59. The Labute approximate surface area is 440 Å². The molecule has 4 heterocycles. The van der Waals surface area contributed by atoms with Crippen LogP contribution in [-0.2, 0) is 59.6 Å². The number of aromatic nitrogens is 3. The molecule has 2 fully saturated rings. The number of unbranched alkanes of at least 4 members (excludes halogenated alkanes) is 2. The fourth-order valence-corrected chi connectivity index (χ4v) is 9.72. The molecule has 4 atom stereocenters. The second kappa shape index (κ2) is 26.9. The summed E-state index contributed by atoms with van der Waals surface area (Å²) in [7, 11) is 1.53. The summed E-state index contributed by atoms with van der Waals surface area (Å²) < 4.78 is 13.5. The molecule has 6 N–H and O–H groups in total. The van der Waals surface area contributed by atoms with Crippen LogP contribution < -0.4 is 22.1 Å². The van der Waals surface area contributed by atoms with Gasteiger partial charge in [-0.15, -0.1) is 0 Å². The number of fused-ring (bicyclic) bond motifs is 1. The number of piperazine rings is 1. The van der Waals surface area contributed by atoms with E-state index in [9.17, 15) is 33.6 Å². The summed E-state index contributed by atoms with van der Waals surface area (Å²) in [6.45, 7) is 16.0. The van der Waals surface area contributed by atoms with Crippen molar-refractivity contribution in [3.63, 3.8) is 0 Å². The molecular weight excluding hydrogens is 959 g/mol. The third-order valence-corrected chi connectivity index (χ3v) is 14.1. The van der Waals surface area contributed by atoms with Crippen LogP contribution in [0, 0.1) is 24.7 Å². The van der Waals surface area contributed by atoms with Crippen molar-refractivity contribution >= 4 is 64.4 Å². The number of nitrogen functional groups attached to an aromatic ring is 1. The van der Waals surface area contributed by atoms with Crippen molar-refractivity contribution in [2.75, 3.05) is 63.9 Å². The lowest BCUT2D eigenvalue weighted by Gasteiger charge is -2.34. The third-order valence-electron chi connectivity index (χ3n) is 14.1. The summed E-state index contributed by atoms with van der Waals surface area (Å²) in [5.41, 5.74) is 18.1. The van der Waals surface area contributed by atoms with Crippen LogP contribution in [0.2, 0.25) is 0 Å². The Hall–Kier alpha value is -7.09. The Balaban J connectivity index is 0.968. The Kier molecular flexibility index (Phi) is 20.5. The first-order valence-electron chi connectivity index (χ1n) is 26.3. The Morgan fingerprint density at radius 1 is 0.893 bits per heavy atom. The van der Waals surface area contributed by atoms with Gasteiger partial charge in [-0.2, -0.15) is 4.98 Å². The number of ketones is 1. The number of Topliss-reactive ketones (excluding diaryl/α,β-unsaturated/α-hetero) is 1. The van der Waals surface area contributed by atoms with Crippen molar-refractivity contribution in [1.29, 1.82) is 0 Å². The normalized spacial score (nSPS) is 16.2. The second-order valence-corrected chi connectivity index (χ2v) is 20.5. The van der Waals surface area contributed by atoms with E-state index in [1.54, 1.807) is 56.9 Å². The number of primary amides is 1. The number of likely N-dealkylation sites (N-methyl/N-ethyl adjacent to an activating group) is 1. The number of carbonyl (C=O) groups excluding carboxylic acids is 7. The summed E-state index contributed by atoms with van der Waals surface area (Å²) in [5, 5.41) is 6.00. The maximum atomic E-state index is 14.1. The molecule has 0 radical (unpaired) electrons. The summed E-state index contributed by atoms with van der Waals surface area (Å²) in [6, 6.07) is 14.1. The van der Waals surface area contributed by atoms with Gasteiger partial charge in [0.2, 0.25) is 23.7 Å². The molecule has 20 heteroatoms. The molecule has 2 aliphatic rings. The average Bonchev–Trinajstić information content (AvgIpc) is 3.88. The predicted molar refractivity (Wildman–Crippen MR) is 285 cm³/mol. The first-order valence-corrected chi connectivity index (χ1v) is 26.3. The molecule has 20 nitrogen and oxygen atoms in total. The lowest BCUT2D eigenvalue weighted by Crippen LogP contribution is -2.48. The van der Waals surface area contributed by atoms with Gasteiger partial charge in [-0.3, -0.25) is 33.8 Å². The quantitative estimate of drug-likeness (QED) is 0.0329. The molecule has 2 aliphatic heterocycles. The van der Waals surface area contributed by atoms with Gasteiger partial charge in [0, 0.05) is 84.4 Å². The van der Waals surface area contributed by atoms with Gasteiger partial charge in [-0.25, -0.2) is 14.6 Å². The number of nitrogens with one attached hydrogen (secondary N) is 2. The van der Waals surface area contributed by atoms with E-state index < -0.39 is 48.0 Å². The van der Waals surface area contributed by atoms with Crippen molar-refractivity contribution in [2.24, 2.45) is 23.5 Å². The van der Waals surface area contributed by atoms with E-state index in [-0.39, 0.29) is 74.8 Å². The van der Waals surface area contributed by atoms with E-state index in [0.29, 0.717) is 44.7 Å². The van der Waals surface area contributed by atoms with E-state index in [1.165, 1.54) is 28.6 Å². The van der Waals surface area contributed by atoms with E-state index in [4.69, 9.17) is 20.9 Å². The zero-order chi connectivity index (χ0) is 54.3. The SMILES string of the molecule is CCCCCNc1nc(N)nc2ccn(Cc3ccc(CN4CCN(C(=O)OCc5ccc(CC(=O)[C@H](CCCNC(N)=O)N(C)C(=O)[C@@H](CC(=O)OC(C)CN6C(=O)CC(C)C6=O)C(C)C)cc5)CC4)cc3C)c12. The number of carbonyl (C=O) groups is 7. The topological polar surface area (TPSA) is 258 Å². The molecule has 0 aliphatic carbocycles. The number of hydrogen-bond donors (Lipinski definition) is 4. The number of likely N-dealkylation sites (tertiary alicyclic amines) is 1. The first kappa shape index (κ1) is 57.2. The monoisotopic (exact) mass is 1040 g/mol. The number of anilines is 2. The van der Waals surface area contributed by atoms with Gasteiger partial charge < -0.3 is 45.9 Å². The molecule has 6 rings (SSSR count). The summed E-state index contributed by atoms with van der Waals surface area (Å²) >= 11 is 0. The number of benzene rings is 2. The van der Waals surface area contributed by atoms with Crippen molar-refractivity contribution < 1.29 is 43.0 Å². The van der Waals surface area contributed by atoms with Crippen LogP contribution in [0.4, 0.5) is 21.4 Å². The van der Waals surface area contributed by atoms with Crippen molar-refractivity contribution in [3.05, 3.63) is 82.5 Å². The lowest BCUT2D eigenvalue weighted by molar-refractivity contribution is -0.157. The number of aryl methyl sites for hydroxylation is 1. The van der Waals surface area contributed by atoms with Crippen LogP contribution in [0.5, 0.6) is 0 Å². The summed E-state index contributed by atoms with van der Waals surface area (Å²) in [5.74, 6) is -2.52. The average molecular weight is 1040 g/mol. The third kappa shape index (κ3) is 16.0. The van der Waals surface area contributed by atoms with Gasteiger partial charge in [0.05, 0.1) is 30.4 Å². The molecular formula is C55H77N11O9. The largest absolute Gasteiger partial charge is 0.461 e. The Morgan fingerprint density at radius 3 is 2.25 bits per heavy atom. The zero-order valence-electron chi connectivity index (χ0n) is 44.8. The highest BCUT2D eigenvalue weighted by Crippen LogP contribution is 2.27. The van der Waals surface area contributed by atoms with Gasteiger partial charge in [0.1, 0.15) is 18.2 Å². The minimum absolute atomic E-state index is 0.00659. The molecule has 0 bridgehead atoms. The van der Waals surface area contributed by atoms with E-state index >= 15 is 0 Å². The number of amides is 6. The molecule has 0 saturated carbocycles. The molecule has 6 amide bonds. The van der Waals surface area contributed by atoms with Crippen LogP contribution in [0.15, 0.2) is 54.7 Å². The lowest BCUT2D eigenvalue weighted by atomic mass is 9.89. The molecule has 406 valence electrons. The van der Waals surface area contributed by atoms with Gasteiger partial charge in [-0.1, -0.05) is 83.0 Å². The number of hydrogen-bond acceptors (Lipinski definition) is 14. The van der Waals surface area contributed by atoms with Crippen LogP contribution in [0.3, 0.4) is 0 Å².